The van der Waals surface area contributed by atoms with Gasteiger partial charge in [-0.1, -0.05) is 41.5 Å². The van der Waals surface area contributed by atoms with Crippen molar-refractivity contribution in [1.82, 2.24) is 10.2 Å². The Morgan fingerprint density at radius 2 is 1.58 bits per heavy atom. The summed E-state index contributed by atoms with van der Waals surface area (Å²) in [6.07, 6.45) is -1.35. The number of hydrogen-bond acceptors (Lipinski definition) is 6. The minimum atomic E-state index is -1.35. The highest BCUT2D eigenvalue weighted by molar-refractivity contribution is 6.00. The first kappa shape index (κ1) is 30.2. The summed E-state index contributed by atoms with van der Waals surface area (Å²) in [5, 5.41) is 33.0. The van der Waals surface area contributed by atoms with Crippen molar-refractivity contribution in [1.29, 1.82) is 5.26 Å². The van der Waals surface area contributed by atoms with E-state index in [0.29, 0.717) is 16.7 Å². The quantitative estimate of drug-likeness (QED) is 0.415. The maximum atomic E-state index is 13.4. The Kier molecular flexibility index (Phi) is 9.17. The zero-order valence-electron chi connectivity index (χ0n) is 23.4. The van der Waals surface area contributed by atoms with E-state index in [-0.39, 0.29) is 41.3 Å². The molecule has 0 heterocycles. The van der Waals surface area contributed by atoms with Gasteiger partial charge in [0.25, 0.3) is 5.91 Å². The minimum absolute atomic E-state index is 0.0976. The maximum Gasteiger partial charge on any atom is 0.408 e. The first-order valence-corrected chi connectivity index (χ1v) is 12.4. The number of carbonyl (C=O) groups is 3. The standard InChI is InChI=1S/C29H37N3O6/c1-9-38-24-13-19(18(14-30)10-20(24)26(35)31-8)15-32(27(36)37)16-23(33)17-11-21(28(2,3)4)25(34)22(12-17)29(5,6)7/h10-13,34H,9,15-16H2,1-8H3,(H,31,35)(H,36,37). The van der Waals surface area contributed by atoms with Gasteiger partial charge in [-0.2, -0.15) is 5.26 Å². The zero-order valence-corrected chi connectivity index (χ0v) is 23.4. The summed E-state index contributed by atoms with van der Waals surface area (Å²) < 4.78 is 5.57. The molecule has 9 heteroatoms. The summed E-state index contributed by atoms with van der Waals surface area (Å²) in [7, 11) is 1.45. The molecule has 0 atom stereocenters. The highest BCUT2D eigenvalue weighted by Crippen LogP contribution is 2.40. The summed E-state index contributed by atoms with van der Waals surface area (Å²) in [5.74, 6) is -0.567. The summed E-state index contributed by atoms with van der Waals surface area (Å²) in [4.78, 5) is 38.7. The van der Waals surface area contributed by atoms with Gasteiger partial charge in [0.1, 0.15) is 11.5 Å². The molecule has 2 aromatic rings. The number of amides is 2. The van der Waals surface area contributed by atoms with Gasteiger partial charge in [-0.3, -0.25) is 14.5 Å². The molecule has 0 saturated heterocycles. The Bertz CT molecular complexity index is 1240. The third-order valence-corrected chi connectivity index (χ3v) is 6.11. The smallest absolute Gasteiger partial charge is 0.408 e. The lowest BCUT2D eigenvalue weighted by molar-refractivity contribution is 0.0900. The SMILES string of the molecule is CCOc1cc(CN(CC(=O)c2cc(C(C)(C)C)c(O)c(C(C)(C)C)c2)C(=O)O)c(C#N)cc1C(=O)NC. The van der Waals surface area contributed by atoms with Crippen molar-refractivity contribution in [2.24, 2.45) is 0 Å². The molecule has 0 spiro atoms. The van der Waals surface area contributed by atoms with E-state index in [4.69, 9.17) is 4.74 Å². The average molecular weight is 524 g/mol. The molecule has 3 N–H and O–H groups in total. The number of carboxylic acid groups (broad SMARTS) is 1. The Hall–Kier alpha value is -4.06. The second-order valence-corrected chi connectivity index (χ2v) is 11.1. The van der Waals surface area contributed by atoms with Crippen molar-refractivity contribution in [2.75, 3.05) is 20.2 Å². The van der Waals surface area contributed by atoms with Gasteiger partial charge in [-0.15, -0.1) is 0 Å². The van der Waals surface area contributed by atoms with Gasteiger partial charge in [-0.05, 0) is 47.6 Å². The van der Waals surface area contributed by atoms with E-state index in [9.17, 15) is 29.9 Å². The van der Waals surface area contributed by atoms with Crippen LogP contribution >= 0.6 is 0 Å². The molecule has 38 heavy (non-hydrogen) atoms. The van der Waals surface area contributed by atoms with Crippen molar-refractivity contribution in [3.8, 4) is 17.6 Å². The number of carbonyl (C=O) groups excluding carboxylic acids is 2. The van der Waals surface area contributed by atoms with Crippen LogP contribution in [0.2, 0.25) is 0 Å². The van der Waals surface area contributed by atoms with Crippen LogP contribution in [0.15, 0.2) is 24.3 Å². The van der Waals surface area contributed by atoms with Gasteiger partial charge in [-0.25, -0.2) is 4.79 Å². The number of ketones is 1. The highest BCUT2D eigenvalue weighted by atomic mass is 16.5. The van der Waals surface area contributed by atoms with E-state index in [1.54, 1.807) is 19.1 Å². The number of nitriles is 1. The molecular weight excluding hydrogens is 486 g/mol. The normalized spacial score (nSPS) is 11.4. The fraction of sp³-hybridized carbons (Fsp3) is 0.448. The fourth-order valence-corrected chi connectivity index (χ4v) is 4.04. The predicted octanol–water partition coefficient (Wildman–Crippen LogP) is 4.98. The van der Waals surface area contributed by atoms with E-state index in [2.05, 4.69) is 5.32 Å². The summed E-state index contributed by atoms with van der Waals surface area (Å²) in [6, 6.07) is 8.04. The van der Waals surface area contributed by atoms with Crippen molar-refractivity contribution in [2.45, 2.75) is 65.8 Å². The molecule has 0 bridgehead atoms. The molecule has 2 amide bonds. The third-order valence-electron chi connectivity index (χ3n) is 6.11. The average Bonchev–Trinajstić information content (AvgIpc) is 2.81. The zero-order chi connectivity index (χ0) is 29.0. The Morgan fingerprint density at radius 3 is 2.00 bits per heavy atom. The molecule has 0 aliphatic heterocycles. The summed E-state index contributed by atoms with van der Waals surface area (Å²) >= 11 is 0. The lowest BCUT2D eigenvalue weighted by Crippen LogP contribution is -2.34. The number of aromatic hydroxyl groups is 1. The topological polar surface area (TPSA) is 140 Å². The maximum absolute atomic E-state index is 13.4. The second kappa shape index (κ2) is 11.5. The van der Waals surface area contributed by atoms with Crippen LogP contribution in [0.1, 0.15) is 91.4 Å². The molecule has 0 aliphatic rings. The van der Waals surface area contributed by atoms with Gasteiger partial charge < -0.3 is 20.3 Å². The second-order valence-electron chi connectivity index (χ2n) is 11.1. The predicted molar refractivity (Wildman–Crippen MR) is 144 cm³/mol. The lowest BCUT2D eigenvalue weighted by Gasteiger charge is -2.28. The molecule has 0 unspecified atom stereocenters. The van der Waals surface area contributed by atoms with E-state index in [0.717, 1.165) is 4.90 Å². The Balaban J connectivity index is 2.53. The van der Waals surface area contributed by atoms with Gasteiger partial charge in [0, 0.05) is 23.7 Å². The van der Waals surface area contributed by atoms with Crippen LogP contribution in [0.4, 0.5) is 4.79 Å². The van der Waals surface area contributed by atoms with Crippen LogP contribution in [0.3, 0.4) is 0 Å². The fourth-order valence-electron chi connectivity index (χ4n) is 4.04. The Labute approximate surface area is 224 Å². The van der Waals surface area contributed by atoms with E-state index < -0.39 is 35.2 Å². The molecule has 204 valence electrons. The lowest BCUT2D eigenvalue weighted by atomic mass is 9.78. The number of rotatable bonds is 8. The number of ether oxygens (including phenoxy) is 1. The number of nitrogens with one attached hydrogen (secondary N) is 1. The van der Waals surface area contributed by atoms with Crippen LogP contribution in [0, 0.1) is 11.3 Å². The van der Waals surface area contributed by atoms with Crippen molar-refractivity contribution in [3.63, 3.8) is 0 Å². The van der Waals surface area contributed by atoms with Crippen LogP contribution in [0.5, 0.6) is 11.5 Å². The van der Waals surface area contributed by atoms with Crippen molar-refractivity contribution < 1.29 is 29.3 Å². The summed E-state index contributed by atoms with van der Waals surface area (Å²) in [6.45, 7) is 12.8. The van der Waals surface area contributed by atoms with Crippen molar-refractivity contribution in [3.05, 3.63) is 57.6 Å². The minimum Gasteiger partial charge on any atom is -0.507 e. The number of benzene rings is 2. The molecule has 0 radical (unpaired) electrons. The number of phenolic OH excluding ortho intramolecular Hbond substituents is 1. The van der Waals surface area contributed by atoms with Crippen LogP contribution in [-0.2, 0) is 17.4 Å². The molecule has 0 saturated carbocycles. The first-order valence-electron chi connectivity index (χ1n) is 12.4. The molecule has 2 aromatic carbocycles. The van der Waals surface area contributed by atoms with Gasteiger partial charge in [0.2, 0.25) is 0 Å². The number of nitrogens with zero attached hydrogens (tertiary/aromatic N) is 2. The van der Waals surface area contributed by atoms with Crippen LogP contribution in [0.25, 0.3) is 0 Å². The molecule has 9 nitrogen and oxygen atoms in total. The Morgan fingerprint density at radius 1 is 1.03 bits per heavy atom. The van der Waals surface area contributed by atoms with E-state index >= 15 is 0 Å². The van der Waals surface area contributed by atoms with Crippen molar-refractivity contribution >= 4 is 17.8 Å². The highest BCUT2D eigenvalue weighted by Gasteiger charge is 2.29. The largest absolute Gasteiger partial charge is 0.507 e. The first-order chi connectivity index (χ1) is 17.5. The number of phenols is 1. The van der Waals surface area contributed by atoms with E-state index in [1.165, 1.54) is 19.2 Å². The van der Waals surface area contributed by atoms with Gasteiger partial charge in [0.05, 0.1) is 36.9 Å². The van der Waals surface area contributed by atoms with Crippen LogP contribution < -0.4 is 10.1 Å². The monoisotopic (exact) mass is 523 g/mol. The van der Waals surface area contributed by atoms with Gasteiger partial charge in [0.15, 0.2) is 5.78 Å². The molecule has 0 fully saturated rings. The molecule has 0 aliphatic carbocycles. The molecule has 0 aromatic heterocycles. The number of hydrogen-bond donors (Lipinski definition) is 3. The van der Waals surface area contributed by atoms with Crippen LogP contribution in [-0.4, -0.2) is 53.1 Å². The molecule has 2 rings (SSSR count). The third kappa shape index (κ3) is 6.82. The summed E-state index contributed by atoms with van der Waals surface area (Å²) in [5.41, 5.74) is 1.10. The van der Waals surface area contributed by atoms with E-state index in [1.807, 2.05) is 47.6 Å². The van der Waals surface area contributed by atoms with Gasteiger partial charge >= 0.3 is 6.09 Å². The molecular formula is C29H37N3O6. The number of Topliss-reactive ketones (excluding diaryl/α,β-unsaturated/α-hetero) is 1.